The quantitative estimate of drug-likeness (QED) is 0.512. The van der Waals surface area contributed by atoms with Gasteiger partial charge in [0.2, 0.25) is 0 Å². The van der Waals surface area contributed by atoms with Crippen LogP contribution in [-0.4, -0.2) is 11.6 Å². The van der Waals surface area contributed by atoms with Gasteiger partial charge in [-0.3, -0.25) is 4.79 Å². The van der Waals surface area contributed by atoms with Crippen molar-refractivity contribution in [2.45, 2.75) is 6.92 Å². The van der Waals surface area contributed by atoms with Crippen LogP contribution < -0.4 is 11.2 Å². The van der Waals surface area contributed by atoms with Gasteiger partial charge in [0.05, 0.1) is 5.71 Å². The molecule has 0 saturated heterocycles. The van der Waals surface area contributed by atoms with E-state index in [1.807, 2.05) is 0 Å². The Balaban J connectivity index is 2.11. The maximum absolute atomic E-state index is 13.5. The fourth-order valence-electron chi connectivity index (χ4n) is 1.65. The van der Waals surface area contributed by atoms with E-state index in [0.29, 0.717) is 22.5 Å². The highest BCUT2D eigenvalue weighted by atomic mass is 19.1. The number of hydrazone groups is 1. The highest BCUT2D eigenvalue weighted by Crippen LogP contribution is 2.08. The van der Waals surface area contributed by atoms with Crippen LogP contribution in [0.25, 0.3) is 0 Å². The molecule has 0 aliphatic rings. The minimum Gasteiger partial charge on any atom is -0.399 e. The summed E-state index contributed by atoms with van der Waals surface area (Å²) in [6.45, 7) is 1.63. The number of benzene rings is 2. The van der Waals surface area contributed by atoms with Crippen molar-refractivity contribution in [1.29, 1.82) is 0 Å². The van der Waals surface area contributed by atoms with E-state index in [2.05, 4.69) is 10.5 Å². The molecular formula is C15H14FN3O. The Bertz CT molecular complexity index is 650. The van der Waals surface area contributed by atoms with E-state index in [1.165, 1.54) is 6.07 Å². The lowest BCUT2D eigenvalue weighted by molar-refractivity contribution is 0.0955. The average molecular weight is 271 g/mol. The Kier molecular flexibility index (Phi) is 4.10. The number of anilines is 1. The maximum Gasteiger partial charge on any atom is 0.271 e. The number of amides is 1. The molecule has 0 atom stereocenters. The fourth-order valence-corrected chi connectivity index (χ4v) is 1.65. The molecule has 0 fully saturated rings. The number of nitrogens with two attached hydrogens (primary N) is 1. The predicted octanol–water partition coefficient (Wildman–Crippen LogP) is 2.56. The second-order valence-corrected chi connectivity index (χ2v) is 4.24. The SMILES string of the molecule is C/C(=N\NC(=O)c1ccc(N)cc1)c1ccccc1F. The van der Waals surface area contributed by atoms with Crippen molar-refractivity contribution in [1.82, 2.24) is 5.43 Å². The largest absolute Gasteiger partial charge is 0.399 e. The topological polar surface area (TPSA) is 67.5 Å². The molecule has 0 spiro atoms. The van der Waals surface area contributed by atoms with Crippen molar-refractivity contribution in [2.24, 2.45) is 5.10 Å². The molecule has 0 aliphatic carbocycles. The third kappa shape index (κ3) is 3.20. The molecule has 0 unspecified atom stereocenters. The van der Waals surface area contributed by atoms with E-state index < -0.39 is 0 Å². The first kappa shape index (κ1) is 13.7. The Labute approximate surface area is 116 Å². The predicted molar refractivity (Wildman–Crippen MR) is 76.9 cm³/mol. The molecule has 0 radical (unpaired) electrons. The van der Waals surface area contributed by atoms with Gasteiger partial charge in [0.1, 0.15) is 5.82 Å². The lowest BCUT2D eigenvalue weighted by Crippen LogP contribution is -2.19. The molecule has 1 amide bonds. The van der Waals surface area contributed by atoms with E-state index in [9.17, 15) is 9.18 Å². The van der Waals surface area contributed by atoms with E-state index in [4.69, 9.17) is 5.73 Å². The first-order valence-corrected chi connectivity index (χ1v) is 6.03. The monoisotopic (exact) mass is 271 g/mol. The van der Waals surface area contributed by atoms with Gasteiger partial charge in [-0.15, -0.1) is 0 Å². The summed E-state index contributed by atoms with van der Waals surface area (Å²) >= 11 is 0. The zero-order valence-corrected chi connectivity index (χ0v) is 10.9. The number of hydrogen-bond donors (Lipinski definition) is 2. The van der Waals surface area contributed by atoms with Gasteiger partial charge >= 0.3 is 0 Å². The molecule has 102 valence electrons. The van der Waals surface area contributed by atoms with Crippen LogP contribution in [0, 0.1) is 5.82 Å². The Morgan fingerprint density at radius 2 is 1.80 bits per heavy atom. The van der Waals surface area contributed by atoms with Gasteiger partial charge in [-0.25, -0.2) is 9.82 Å². The first-order chi connectivity index (χ1) is 9.58. The number of rotatable bonds is 3. The average Bonchev–Trinajstić information content (AvgIpc) is 2.45. The minimum atomic E-state index is -0.379. The van der Waals surface area contributed by atoms with Crippen LogP contribution in [0.4, 0.5) is 10.1 Å². The van der Waals surface area contributed by atoms with Gasteiger partial charge in [0.15, 0.2) is 0 Å². The summed E-state index contributed by atoms with van der Waals surface area (Å²) in [7, 11) is 0. The molecule has 5 heteroatoms. The second-order valence-electron chi connectivity index (χ2n) is 4.24. The molecule has 2 aromatic rings. The second kappa shape index (κ2) is 5.97. The van der Waals surface area contributed by atoms with Crippen LogP contribution in [0.3, 0.4) is 0 Å². The van der Waals surface area contributed by atoms with Crippen molar-refractivity contribution in [3.05, 3.63) is 65.5 Å². The number of nitrogens with one attached hydrogen (secondary N) is 1. The van der Waals surface area contributed by atoms with E-state index in [1.54, 1.807) is 49.4 Å². The molecule has 4 nitrogen and oxygen atoms in total. The van der Waals surface area contributed by atoms with E-state index in [0.717, 1.165) is 0 Å². The Morgan fingerprint density at radius 3 is 2.45 bits per heavy atom. The van der Waals surface area contributed by atoms with Crippen molar-refractivity contribution < 1.29 is 9.18 Å². The number of halogens is 1. The standard InChI is InChI=1S/C15H14FN3O/c1-10(13-4-2-3-5-14(13)16)18-19-15(20)11-6-8-12(17)9-7-11/h2-9H,17H2,1H3,(H,19,20)/b18-10+. The summed E-state index contributed by atoms with van der Waals surface area (Å²) in [4.78, 5) is 11.8. The van der Waals surface area contributed by atoms with Crippen molar-refractivity contribution in [3.63, 3.8) is 0 Å². The molecule has 0 heterocycles. The third-order valence-electron chi connectivity index (χ3n) is 2.76. The van der Waals surface area contributed by atoms with Crippen LogP contribution >= 0.6 is 0 Å². The summed E-state index contributed by atoms with van der Waals surface area (Å²) in [5, 5.41) is 3.90. The molecule has 0 saturated carbocycles. The van der Waals surface area contributed by atoms with E-state index in [-0.39, 0.29) is 11.7 Å². The number of nitrogens with zero attached hydrogens (tertiary/aromatic N) is 1. The van der Waals surface area contributed by atoms with Gasteiger partial charge in [0.25, 0.3) is 5.91 Å². The van der Waals surface area contributed by atoms with Crippen molar-refractivity contribution >= 4 is 17.3 Å². The highest BCUT2D eigenvalue weighted by molar-refractivity contribution is 6.01. The van der Waals surface area contributed by atoms with Gasteiger partial charge in [-0.05, 0) is 37.3 Å². The van der Waals surface area contributed by atoms with Crippen LogP contribution in [0.15, 0.2) is 53.6 Å². The molecule has 0 aliphatic heterocycles. The van der Waals surface area contributed by atoms with Crippen molar-refractivity contribution in [2.75, 3.05) is 5.73 Å². The lowest BCUT2D eigenvalue weighted by Gasteiger charge is -2.04. The Hall–Kier alpha value is -2.69. The molecular weight excluding hydrogens is 257 g/mol. The molecule has 2 aromatic carbocycles. The normalized spacial score (nSPS) is 11.2. The fraction of sp³-hybridized carbons (Fsp3) is 0.0667. The molecule has 20 heavy (non-hydrogen) atoms. The summed E-state index contributed by atoms with van der Waals surface area (Å²) in [5.41, 5.74) is 9.68. The number of carbonyl (C=O) groups is 1. The minimum absolute atomic E-state index is 0.352. The van der Waals surface area contributed by atoms with Crippen LogP contribution in [0.5, 0.6) is 0 Å². The smallest absolute Gasteiger partial charge is 0.271 e. The summed E-state index contributed by atoms with van der Waals surface area (Å²) < 4.78 is 13.5. The number of hydrogen-bond acceptors (Lipinski definition) is 3. The highest BCUT2D eigenvalue weighted by Gasteiger charge is 2.06. The number of carbonyl (C=O) groups excluding carboxylic acids is 1. The van der Waals surface area contributed by atoms with Crippen LogP contribution in [0.1, 0.15) is 22.8 Å². The molecule has 0 bridgehead atoms. The zero-order valence-electron chi connectivity index (χ0n) is 10.9. The van der Waals surface area contributed by atoms with Gasteiger partial charge in [0, 0.05) is 16.8 Å². The third-order valence-corrected chi connectivity index (χ3v) is 2.76. The summed E-state index contributed by atoms with van der Waals surface area (Å²) in [6, 6.07) is 12.7. The molecule has 3 N–H and O–H groups in total. The summed E-state index contributed by atoms with van der Waals surface area (Å²) in [6.07, 6.45) is 0. The zero-order chi connectivity index (χ0) is 14.5. The van der Waals surface area contributed by atoms with Gasteiger partial charge < -0.3 is 5.73 Å². The summed E-state index contributed by atoms with van der Waals surface area (Å²) in [5.74, 6) is -0.754. The first-order valence-electron chi connectivity index (χ1n) is 6.03. The van der Waals surface area contributed by atoms with Crippen LogP contribution in [0.2, 0.25) is 0 Å². The number of nitrogen functional groups attached to an aromatic ring is 1. The van der Waals surface area contributed by atoms with Crippen molar-refractivity contribution in [3.8, 4) is 0 Å². The van der Waals surface area contributed by atoms with Gasteiger partial charge in [-0.1, -0.05) is 18.2 Å². The molecule has 2 rings (SSSR count). The van der Waals surface area contributed by atoms with Gasteiger partial charge in [-0.2, -0.15) is 5.10 Å². The molecule has 0 aromatic heterocycles. The van der Waals surface area contributed by atoms with Crippen LogP contribution in [-0.2, 0) is 0 Å². The maximum atomic E-state index is 13.5. The lowest BCUT2D eigenvalue weighted by atomic mass is 10.1. The van der Waals surface area contributed by atoms with E-state index >= 15 is 0 Å². The Morgan fingerprint density at radius 1 is 1.15 bits per heavy atom.